The molecule has 1 heterocycles. The first-order valence-electron chi connectivity index (χ1n) is 7.20. The Hall–Kier alpha value is -3.59. The van der Waals surface area contributed by atoms with Gasteiger partial charge in [-0.2, -0.15) is 5.26 Å². The lowest BCUT2D eigenvalue weighted by atomic mass is 10.2. The van der Waals surface area contributed by atoms with E-state index in [-0.39, 0.29) is 0 Å². The van der Waals surface area contributed by atoms with Crippen LogP contribution in [-0.2, 0) is 9.53 Å². The van der Waals surface area contributed by atoms with Crippen molar-refractivity contribution in [1.29, 1.82) is 5.26 Å². The van der Waals surface area contributed by atoms with Crippen molar-refractivity contribution in [2.75, 3.05) is 11.9 Å². The molecule has 0 atom stereocenters. The Labute approximate surface area is 137 Å². The van der Waals surface area contributed by atoms with Crippen LogP contribution in [0, 0.1) is 11.3 Å². The van der Waals surface area contributed by atoms with E-state index in [1.165, 1.54) is 0 Å². The number of nitrogens with one attached hydrogen (secondary N) is 2. The number of fused-ring (bicyclic) bond motifs is 1. The van der Waals surface area contributed by atoms with Crippen molar-refractivity contribution in [3.05, 3.63) is 65.9 Å². The summed E-state index contributed by atoms with van der Waals surface area (Å²) in [5.41, 5.74) is 2.24. The van der Waals surface area contributed by atoms with Crippen LogP contribution in [0.2, 0.25) is 0 Å². The quantitative estimate of drug-likeness (QED) is 0.723. The summed E-state index contributed by atoms with van der Waals surface area (Å²) in [5, 5.41) is 12.1. The van der Waals surface area contributed by atoms with E-state index in [9.17, 15) is 9.59 Å². The summed E-state index contributed by atoms with van der Waals surface area (Å²) in [5.74, 6) is -1.02. The lowest BCUT2D eigenvalue weighted by Gasteiger charge is -2.06. The average Bonchev–Trinajstić information content (AvgIpc) is 3.04. The van der Waals surface area contributed by atoms with E-state index in [1.807, 2.05) is 24.3 Å². The number of aromatic amines is 1. The number of nitriles is 1. The number of para-hydroxylation sites is 1. The summed E-state index contributed by atoms with van der Waals surface area (Å²) < 4.78 is 5.05. The zero-order valence-corrected chi connectivity index (χ0v) is 12.6. The number of hydrogen-bond donors (Lipinski definition) is 2. The Morgan fingerprint density at radius 2 is 1.88 bits per heavy atom. The highest BCUT2D eigenvalue weighted by Gasteiger charge is 2.14. The van der Waals surface area contributed by atoms with Gasteiger partial charge in [0.1, 0.15) is 0 Å². The Morgan fingerprint density at radius 1 is 1.12 bits per heavy atom. The molecule has 0 spiro atoms. The molecule has 118 valence electrons. The van der Waals surface area contributed by atoms with Gasteiger partial charge >= 0.3 is 5.97 Å². The maximum Gasteiger partial charge on any atom is 0.340 e. The molecule has 6 nitrogen and oxygen atoms in total. The molecule has 24 heavy (non-hydrogen) atoms. The molecule has 3 rings (SSSR count). The molecule has 2 N–H and O–H groups in total. The third kappa shape index (κ3) is 3.25. The van der Waals surface area contributed by atoms with Crippen LogP contribution in [0.25, 0.3) is 10.9 Å². The monoisotopic (exact) mass is 319 g/mol. The van der Waals surface area contributed by atoms with E-state index in [2.05, 4.69) is 10.3 Å². The van der Waals surface area contributed by atoms with Crippen LogP contribution in [0.1, 0.15) is 15.9 Å². The van der Waals surface area contributed by atoms with Gasteiger partial charge in [0.2, 0.25) is 0 Å². The Kier molecular flexibility index (Phi) is 4.25. The van der Waals surface area contributed by atoms with Gasteiger partial charge < -0.3 is 15.0 Å². The zero-order valence-electron chi connectivity index (χ0n) is 12.6. The number of carbonyl (C=O) groups excluding carboxylic acids is 2. The first-order valence-corrected chi connectivity index (χ1v) is 7.20. The number of esters is 1. The van der Waals surface area contributed by atoms with Gasteiger partial charge in [0.15, 0.2) is 6.61 Å². The second-order valence-corrected chi connectivity index (χ2v) is 5.06. The normalized spacial score (nSPS) is 10.1. The number of benzene rings is 2. The van der Waals surface area contributed by atoms with Crippen molar-refractivity contribution in [3.63, 3.8) is 0 Å². The van der Waals surface area contributed by atoms with Gasteiger partial charge in [-0.05, 0) is 30.3 Å². The predicted octanol–water partition coefficient (Wildman–Crippen LogP) is 2.84. The van der Waals surface area contributed by atoms with Gasteiger partial charge in [0.25, 0.3) is 5.91 Å². The molecule has 0 aliphatic heterocycles. The fourth-order valence-corrected chi connectivity index (χ4v) is 2.27. The van der Waals surface area contributed by atoms with Crippen LogP contribution >= 0.6 is 0 Å². The van der Waals surface area contributed by atoms with Crippen molar-refractivity contribution < 1.29 is 14.3 Å². The standard InChI is InChI=1S/C18H13N3O3/c19-9-12-5-7-13(8-6-12)21-17(22)11-24-18(23)15-10-20-16-4-2-1-3-14(15)16/h1-8,10,20H,11H2,(H,21,22). The molecule has 1 amide bonds. The number of hydrogen-bond acceptors (Lipinski definition) is 4. The van der Waals surface area contributed by atoms with Crippen LogP contribution in [-0.4, -0.2) is 23.5 Å². The smallest absolute Gasteiger partial charge is 0.340 e. The number of nitrogens with zero attached hydrogens (tertiary/aromatic N) is 1. The van der Waals surface area contributed by atoms with E-state index < -0.39 is 18.5 Å². The van der Waals surface area contributed by atoms with Gasteiger partial charge in [-0.1, -0.05) is 18.2 Å². The van der Waals surface area contributed by atoms with Gasteiger partial charge in [-0.25, -0.2) is 4.79 Å². The van der Waals surface area contributed by atoms with Crippen LogP contribution in [0.4, 0.5) is 5.69 Å². The third-order valence-electron chi connectivity index (χ3n) is 3.44. The number of carbonyl (C=O) groups is 2. The van der Waals surface area contributed by atoms with Crippen molar-refractivity contribution >= 4 is 28.5 Å². The van der Waals surface area contributed by atoms with E-state index >= 15 is 0 Å². The second kappa shape index (κ2) is 6.67. The molecule has 0 saturated carbocycles. The third-order valence-corrected chi connectivity index (χ3v) is 3.44. The number of amides is 1. The minimum atomic E-state index is -0.567. The highest BCUT2D eigenvalue weighted by molar-refractivity contribution is 6.05. The topological polar surface area (TPSA) is 95.0 Å². The fraction of sp³-hybridized carbons (Fsp3) is 0.0556. The highest BCUT2D eigenvalue weighted by Crippen LogP contribution is 2.18. The first kappa shape index (κ1) is 15.3. The number of rotatable bonds is 4. The molecular weight excluding hydrogens is 306 g/mol. The second-order valence-electron chi connectivity index (χ2n) is 5.06. The largest absolute Gasteiger partial charge is 0.452 e. The highest BCUT2D eigenvalue weighted by atomic mass is 16.5. The number of H-pyrrole nitrogens is 1. The van der Waals surface area contributed by atoms with Crippen molar-refractivity contribution in [1.82, 2.24) is 4.98 Å². The molecule has 0 bridgehead atoms. The van der Waals surface area contributed by atoms with Gasteiger partial charge in [0.05, 0.1) is 17.2 Å². The van der Waals surface area contributed by atoms with E-state index in [4.69, 9.17) is 10.00 Å². The van der Waals surface area contributed by atoms with Crippen LogP contribution in [0.3, 0.4) is 0 Å². The molecule has 0 fully saturated rings. The van der Waals surface area contributed by atoms with Crippen LogP contribution in [0.15, 0.2) is 54.7 Å². The summed E-state index contributed by atoms with van der Waals surface area (Å²) >= 11 is 0. The van der Waals surface area contributed by atoms with E-state index in [1.54, 1.807) is 36.5 Å². The van der Waals surface area contributed by atoms with Crippen molar-refractivity contribution in [2.24, 2.45) is 0 Å². The molecule has 0 aliphatic carbocycles. The summed E-state index contributed by atoms with van der Waals surface area (Å²) in [6.45, 7) is -0.391. The Morgan fingerprint density at radius 3 is 2.62 bits per heavy atom. The van der Waals surface area contributed by atoms with Crippen molar-refractivity contribution in [2.45, 2.75) is 0 Å². The molecule has 6 heteroatoms. The summed E-state index contributed by atoms with van der Waals surface area (Å²) in [6, 6.07) is 15.7. The Balaban J connectivity index is 1.59. The lowest BCUT2D eigenvalue weighted by molar-refractivity contribution is -0.119. The summed E-state index contributed by atoms with van der Waals surface area (Å²) in [4.78, 5) is 26.9. The number of aromatic nitrogens is 1. The number of anilines is 1. The SMILES string of the molecule is N#Cc1ccc(NC(=O)COC(=O)c2c[nH]c3ccccc23)cc1. The number of ether oxygens (including phenoxy) is 1. The summed E-state index contributed by atoms with van der Waals surface area (Å²) in [6.07, 6.45) is 1.56. The minimum absolute atomic E-state index is 0.386. The molecule has 3 aromatic rings. The first-order chi connectivity index (χ1) is 11.7. The molecule has 0 saturated heterocycles. The summed E-state index contributed by atoms with van der Waals surface area (Å²) in [7, 11) is 0. The van der Waals surface area contributed by atoms with Gasteiger partial charge in [-0.3, -0.25) is 4.79 Å². The maximum absolute atomic E-state index is 12.1. The molecule has 1 aromatic heterocycles. The van der Waals surface area contributed by atoms with Gasteiger partial charge in [0, 0.05) is 22.8 Å². The van der Waals surface area contributed by atoms with E-state index in [0.717, 1.165) is 10.9 Å². The molecule has 2 aromatic carbocycles. The fourth-order valence-electron chi connectivity index (χ4n) is 2.27. The molecular formula is C18H13N3O3. The average molecular weight is 319 g/mol. The van der Waals surface area contributed by atoms with Crippen molar-refractivity contribution in [3.8, 4) is 6.07 Å². The molecule has 0 aliphatic rings. The Bertz CT molecular complexity index is 936. The minimum Gasteiger partial charge on any atom is -0.452 e. The predicted molar refractivity (Wildman–Crippen MR) is 88.4 cm³/mol. The molecule has 0 radical (unpaired) electrons. The zero-order chi connectivity index (χ0) is 16.9. The van der Waals surface area contributed by atoms with Crippen LogP contribution < -0.4 is 5.32 Å². The van der Waals surface area contributed by atoms with Crippen LogP contribution in [0.5, 0.6) is 0 Å². The lowest BCUT2D eigenvalue weighted by Crippen LogP contribution is -2.20. The molecule has 0 unspecified atom stereocenters. The maximum atomic E-state index is 12.1. The van der Waals surface area contributed by atoms with Gasteiger partial charge in [-0.15, -0.1) is 0 Å². The van der Waals surface area contributed by atoms with E-state index in [0.29, 0.717) is 16.8 Å².